The van der Waals surface area contributed by atoms with E-state index in [9.17, 15) is 13.2 Å². The Morgan fingerprint density at radius 3 is 2.28 bits per heavy atom. The van der Waals surface area contributed by atoms with Crippen molar-refractivity contribution in [2.45, 2.75) is 13.1 Å². The molecule has 0 heterocycles. The van der Waals surface area contributed by atoms with Crippen LogP contribution in [0.3, 0.4) is 0 Å². The predicted molar refractivity (Wildman–Crippen MR) is 71.9 cm³/mol. The van der Waals surface area contributed by atoms with Crippen LogP contribution in [0.25, 0.3) is 0 Å². The lowest BCUT2D eigenvalue weighted by molar-refractivity contribution is -0.172. The second kappa shape index (κ2) is 6.77. The molecule has 0 aliphatic rings. The van der Waals surface area contributed by atoms with Gasteiger partial charge in [-0.1, -0.05) is 0 Å². The highest BCUT2D eigenvalue weighted by Gasteiger charge is 2.27. The minimum absolute atomic E-state index is 0.00767. The molecule has 0 aliphatic heterocycles. The fourth-order valence-electron chi connectivity index (χ4n) is 1.30. The van der Waals surface area contributed by atoms with Gasteiger partial charge in [-0.25, -0.2) is 0 Å². The first-order chi connectivity index (χ1) is 8.29. The van der Waals surface area contributed by atoms with E-state index in [0.717, 1.165) is 20.2 Å². The van der Waals surface area contributed by atoms with Gasteiger partial charge >= 0.3 is 6.18 Å². The maximum Gasteiger partial charge on any atom is 0.411 e. The van der Waals surface area contributed by atoms with Crippen molar-refractivity contribution in [1.29, 1.82) is 0 Å². The van der Waals surface area contributed by atoms with Crippen LogP contribution in [0.1, 0.15) is 5.56 Å². The van der Waals surface area contributed by atoms with Crippen LogP contribution in [0.4, 0.5) is 18.9 Å². The molecule has 7 heteroatoms. The van der Waals surface area contributed by atoms with Crippen molar-refractivity contribution in [3.8, 4) is 0 Å². The van der Waals surface area contributed by atoms with Crippen LogP contribution in [0.5, 0.6) is 0 Å². The number of halogens is 5. The van der Waals surface area contributed by atoms with Crippen molar-refractivity contribution in [1.82, 2.24) is 0 Å². The molecule has 0 fully saturated rings. The lowest BCUT2D eigenvalue weighted by Gasteiger charge is -2.12. The number of rotatable bonds is 5. The van der Waals surface area contributed by atoms with Crippen LogP contribution >= 0.6 is 31.9 Å². The molecule has 1 rings (SSSR count). The van der Waals surface area contributed by atoms with E-state index >= 15 is 0 Å². The van der Waals surface area contributed by atoms with E-state index in [0.29, 0.717) is 6.54 Å². The molecule has 1 aromatic carbocycles. The zero-order valence-corrected chi connectivity index (χ0v) is 12.7. The van der Waals surface area contributed by atoms with Crippen molar-refractivity contribution >= 4 is 37.5 Å². The van der Waals surface area contributed by atoms with E-state index in [4.69, 9.17) is 0 Å². The van der Waals surface area contributed by atoms with Gasteiger partial charge in [0.25, 0.3) is 0 Å². The molecule has 0 aliphatic carbocycles. The fourth-order valence-corrected chi connectivity index (χ4v) is 3.00. The van der Waals surface area contributed by atoms with Gasteiger partial charge in [-0.05, 0) is 56.5 Å². The topological polar surface area (TPSA) is 21.3 Å². The SMILES string of the molecule is Cc1cc(Br)c(NCCOCC(F)(F)F)c(Br)c1. The highest BCUT2D eigenvalue weighted by molar-refractivity contribution is 9.11. The standard InChI is InChI=1S/C11H12Br2F3NO/c1-7-4-8(12)10(9(13)5-7)17-2-3-18-6-11(14,15)16/h4-5,17H,2-3,6H2,1H3. The van der Waals surface area contributed by atoms with E-state index < -0.39 is 12.8 Å². The number of hydrogen-bond donors (Lipinski definition) is 1. The number of anilines is 1. The van der Waals surface area contributed by atoms with Crippen LogP contribution in [0, 0.1) is 6.92 Å². The highest BCUT2D eigenvalue weighted by Crippen LogP contribution is 2.32. The first-order valence-electron chi connectivity index (χ1n) is 5.13. The second-order valence-electron chi connectivity index (χ2n) is 3.70. The molecule has 2 nitrogen and oxygen atoms in total. The first-order valence-corrected chi connectivity index (χ1v) is 6.72. The largest absolute Gasteiger partial charge is 0.411 e. The van der Waals surface area contributed by atoms with Crippen LogP contribution in [-0.2, 0) is 4.74 Å². The molecule has 0 atom stereocenters. The average molecular weight is 391 g/mol. The molecule has 0 aromatic heterocycles. The third-order valence-electron chi connectivity index (χ3n) is 2.00. The number of nitrogens with one attached hydrogen (secondary N) is 1. The molecule has 18 heavy (non-hydrogen) atoms. The summed E-state index contributed by atoms with van der Waals surface area (Å²) in [5, 5.41) is 3.01. The summed E-state index contributed by atoms with van der Waals surface area (Å²) < 4.78 is 41.7. The van der Waals surface area contributed by atoms with Gasteiger partial charge in [-0.2, -0.15) is 13.2 Å². The van der Waals surface area contributed by atoms with Crippen molar-refractivity contribution in [3.05, 3.63) is 26.6 Å². The summed E-state index contributed by atoms with van der Waals surface area (Å²) in [5.41, 5.74) is 1.88. The molecule has 102 valence electrons. The first kappa shape index (κ1) is 15.8. The lowest BCUT2D eigenvalue weighted by atomic mass is 10.2. The van der Waals surface area contributed by atoms with Crippen molar-refractivity contribution in [2.75, 3.05) is 25.1 Å². The van der Waals surface area contributed by atoms with E-state index in [1.54, 1.807) is 0 Å². The Bertz CT molecular complexity index is 387. The number of ether oxygens (including phenoxy) is 1. The van der Waals surface area contributed by atoms with Crippen molar-refractivity contribution in [3.63, 3.8) is 0 Å². The molecule has 0 spiro atoms. The van der Waals surface area contributed by atoms with Gasteiger partial charge in [-0.3, -0.25) is 0 Å². The number of hydrogen-bond acceptors (Lipinski definition) is 2. The molecule has 0 radical (unpaired) electrons. The Hall–Kier alpha value is -0.270. The fraction of sp³-hybridized carbons (Fsp3) is 0.455. The number of aryl methyl sites for hydroxylation is 1. The van der Waals surface area contributed by atoms with Gasteiger partial charge in [-0.15, -0.1) is 0 Å². The summed E-state index contributed by atoms with van der Waals surface area (Å²) in [6.45, 7) is 1.03. The number of benzene rings is 1. The zero-order chi connectivity index (χ0) is 13.8. The minimum atomic E-state index is -4.27. The quantitative estimate of drug-likeness (QED) is 0.747. The van der Waals surface area contributed by atoms with Gasteiger partial charge in [0.1, 0.15) is 6.61 Å². The summed E-state index contributed by atoms with van der Waals surface area (Å²) in [6, 6.07) is 3.84. The maximum absolute atomic E-state index is 11.8. The maximum atomic E-state index is 11.8. The van der Waals surface area contributed by atoms with E-state index in [2.05, 4.69) is 41.9 Å². The van der Waals surface area contributed by atoms with Gasteiger partial charge in [0.2, 0.25) is 0 Å². The monoisotopic (exact) mass is 389 g/mol. The summed E-state index contributed by atoms with van der Waals surface area (Å²) in [6.07, 6.45) is -4.27. The Balaban J connectivity index is 2.41. The molecular formula is C11H12Br2F3NO. The van der Waals surface area contributed by atoms with E-state index in [1.807, 2.05) is 19.1 Å². The molecular weight excluding hydrogens is 379 g/mol. The van der Waals surface area contributed by atoms with E-state index in [-0.39, 0.29) is 6.61 Å². The summed E-state index contributed by atoms with van der Waals surface area (Å²) in [7, 11) is 0. The Morgan fingerprint density at radius 2 is 1.78 bits per heavy atom. The van der Waals surface area contributed by atoms with Crippen LogP contribution in [0.15, 0.2) is 21.1 Å². The van der Waals surface area contributed by atoms with Crippen molar-refractivity contribution < 1.29 is 17.9 Å². The normalized spacial score (nSPS) is 11.7. The van der Waals surface area contributed by atoms with Gasteiger partial charge < -0.3 is 10.1 Å². The molecule has 0 saturated heterocycles. The summed E-state index contributed by atoms with van der Waals surface area (Å²) in [5.74, 6) is 0. The van der Waals surface area contributed by atoms with Gasteiger partial charge in [0.05, 0.1) is 12.3 Å². The third-order valence-corrected chi connectivity index (χ3v) is 3.25. The van der Waals surface area contributed by atoms with Gasteiger partial charge in [0.15, 0.2) is 0 Å². The van der Waals surface area contributed by atoms with E-state index in [1.165, 1.54) is 0 Å². The molecule has 0 bridgehead atoms. The van der Waals surface area contributed by atoms with Gasteiger partial charge in [0, 0.05) is 15.5 Å². The minimum Gasteiger partial charge on any atom is -0.381 e. The molecule has 0 amide bonds. The summed E-state index contributed by atoms with van der Waals surface area (Å²) in [4.78, 5) is 0. The zero-order valence-electron chi connectivity index (χ0n) is 9.57. The van der Waals surface area contributed by atoms with Crippen LogP contribution < -0.4 is 5.32 Å². The average Bonchev–Trinajstić information content (AvgIpc) is 2.19. The van der Waals surface area contributed by atoms with Crippen LogP contribution in [-0.4, -0.2) is 25.9 Å². The molecule has 1 aromatic rings. The van der Waals surface area contributed by atoms with Crippen LogP contribution in [0.2, 0.25) is 0 Å². The lowest BCUT2D eigenvalue weighted by Crippen LogP contribution is -2.20. The smallest absolute Gasteiger partial charge is 0.381 e. The predicted octanol–water partition coefficient (Wildman–Crippen LogP) is 4.51. The van der Waals surface area contributed by atoms with Crippen molar-refractivity contribution in [2.24, 2.45) is 0 Å². The molecule has 1 N–H and O–H groups in total. The molecule has 0 saturated carbocycles. The summed E-state index contributed by atoms with van der Waals surface area (Å²) >= 11 is 6.77. The highest BCUT2D eigenvalue weighted by atomic mass is 79.9. The Morgan fingerprint density at radius 1 is 1.22 bits per heavy atom. The number of alkyl halides is 3. The Kier molecular flexibility index (Phi) is 5.94. The molecule has 0 unspecified atom stereocenters. The second-order valence-corrected chi connectivity index (χ2v) is 5.41. The third kappa shape index (κ3) is 5.58. The Labute approximate surface area is 120 Å².